The molecule has 0 aliphatic rings. The van der Waals surface area contributed by atoms with E-state index in [9.17, 15) is 4.79 Å². The predicted molar refractivity (Wildman–Crippen MR) is 71.4 cm³/mol. The molecule has 0 fully saturated rings. The first kappa shape index (κ1) is 11.9. The number of Topliss-reactive ketones (excluding diaryl/α,β-unsaturated/α-hetero) is 1. The first-order valence-corrected chi connectivity index (χ1v) is 6.09. The van der Waals surface area contributed by atoms with Gasteiger partial charge in [-0.15, -0.1) is 0 Å². The van der Waals surface area contributed by atoms with Crippen LogP contribution in [0.1, 0.15) is 37.9 Å². The molecule has 0 saturated heterocycles. The molecule has 0 amide bonds. The van der Waals surface area contributed by atoms with Crippen molar-refractivity contribution in [3.05, 3.63) is 35.5 Å². The molecular weight excluding hydrogens is 210 g/mol. The highest BCUT2D eigenvalue weighted by atomic mass is 16.1. The number of carbonyl (C=O) groups excluding carboxylic acids is 1. The molecule has 0 N–H and O–H groups in total. The van der Waals surface area contributed by atoms with E-state index in [2.05, 4.69) is 43.7 Å². The number of fused-ring (bicyclic) bond motifs is 1. The number of ketones is 1. The van der Waals surface area contributed by atoms with E-state index in [0.717, 1.165) is 5.56 Å². The number of aromatic nitrogens is 1. The number of carbonyl (C=O) groups is 1. The lowest BCUT2D eigenvalue weighted by Crippen LogP contribution is -2.03. The summed E-state index contributed by atoms with van der Waals surface area (Å²) in [6, 6.07) is 6.65. The Balaban J connectivity index is 2.71. The maximum absolute atomic E-state index is 11.3. The summed E-state index contributed by atoms with van der Waals surface area (Å²) in [6.07, 6.45) is 2.70. The molecule has 90 valence electrons. The molecule has 2 aromatic rings. The van der Waals surface area contributed by atoms with Gasteiger partial charge in [-0.3, -0.25) is 4.79 Å². The van der Waals surface area contributed by atoms with Gasteiger partial charge in [0.1, 0.15) is 5.78 Å². The number of aryl methyl sites for hydroxylation is 1. The van der Waals surface area contributed by atoms with Gasteiger partial charge >= 0.3 is 0 Å². The number of benzene rings is 1. The second-order valence-corrected chi connectivity index (χ2v) is 5.01. The smallest absolute Gasteiger partial charge is 0.134 e. The van der Waals surface area contributed by atoms with Crippen LogP contribution >= 0.6 is 0 Å². The van der Waals surface area contributed by atoms with Crippen LogP contribution in [-0.4, -0.2) is 10.4 Å². The Morgan fingerprint density at radius 2 is 2.06 bits per heavy atom. The van der Waals surface area contributed by atoms with Crippen molar-refractivity contribution in [1.29, 1.82) is 0 Å². The van der Waals surface area contributed by atoms with Gasteiger partial charge in [0.05, 0.1) is 5.52 Å². The molecule has 2 rings (SSSR count). The molecule has 0 aliphatic heterocycles. The van der Waals surface area contributed by atoms with Crippen LogP contribution in [0.25, 0.3) is 10.9 Å². The van der Waals surface area contributed by atoms with Gasteiger partial charge in [0.15, 0.2) is 0 Å². The van der Waals surface area contributed by atoms with Crippen LogP contribution in [0.15, 0.2) is 24.4 Å². The zero-order valence-electron chi connectivity index (χ0n) is 10.9. The highest BCUT2D eigenvalue weighted by Gasteiger charge is 2.12. The SMILES string of the molecule is CC(=O)Cc1cccc2c(C)cn(C(C)C)c12. The summed E-state index contributed by atoms with van der Waals surface area (Å²) in [4.78, 5) is 11.3. The van der Waals surface area contributed by atoms with Crippen molar-refractivity contribution in [2.24, 2.45) is 0 Å². The van der Waals surface area contributed by atoms with Crippen LogP contribution in [0.5, 0.6) is 0 Å². The predicted octanol–water partition coefficient (Wildman–Crippen LogP) is 3.66. The normalized spacial score (nSPS) is 11.4. The van der Waals surface area contributed by atoms with Crippen LogP contribution in [0, 0.1) is 6.92 Å². The molecule has 0 saturated carbocycles. The first-order chi connectivity index (χ1) is 8.00. The summed E-state index contributed by atoms with van der Waals surface area (Å²) in [6.45, 7) is 8.11. The van der Waals surface area contributed by atoms with Crippen LogP contribution in [-0.2, 0) is 11.2 Å². The summed E-state index contributed by atoms with van der Waals surface area (Å²) >= 11 is 0. The number of hydrogen-bond donors (Lipinski definition) is 0. The largest absolute Gasteiger partial charge is 0.344 e. The van der Waals surface area contributed by atoms with Crippen LogP contribution in [0.3, 0.4) is 0 Å². The molecule has 1 aromatic carbocycles. The third kappa shape index (κ3) is 2.12. The van der Waals surface area contributed by atoms with Crippen molar-refractivity contribution < 1.29 is 4.79 Å². The molecule has 0 radical (unpaired) electrons. The van der Waals surface area contributed by atoms with Gasteiger partial charge in [-0.2, -0.15) is 0 Å². The van der Waals surface area contributed by atoms with Gasteiger partial charge in [-0.05, 0) is 38.8 Å². The summed E-state index contributed by atoms with van der Waals surface area (Å²) in [5.41, 5.74) is 3.63. The zero-order chi connectivity index (χ0) is 12.6. The summed E-state index contributed by atoms with van der Waals surface area (Å²) < 4.78 is 2.27. The molecule has 17 heavy (non-hydrogen) atoms. The van der Waals surface area contributed by atoms with E-state index in [1.165, 1.54) is 16.5 Å². The highest BCUT2D eigenvalue weighted by Crippen LogP contribution is 2.27. The van der Waals surface area contributed by atoms with Gasteiger partial charge < -0.3 is 4.57 Å². The molecule has 2 heteroatoms. The molecule has 1 aromatic heterocycles. The number of rotatable bonds is 3. The van der Waals surface area contributed by atoms with Crippen molar-refractivity contribution in [3.63, 3.8) is 0 Å². The Bertz CT molecular complexity index is 564. The number of para-hydroxylation sites is 1. The van der Waals surface area contributed by atoms with Crippen molar-refractivity contribution in [3.8, 4) is 0 Å². The van der Waals surface area contributed by atoms with E-state index in [1.54, 1.807) is 6.92 Å². The van der Waals surface area contributed by atoms with Gasteiger partial charge in [0, 0.05) is 24.0 Å². The van der Waals surface area contributed by atoms with Crippen molar-refractivity contribution >= 4 is 16.7 Å². The van der Waals surface area contributed by atoms with Gasteiger partial charge in [0.2, 0.25) is 0 Å². The Morgan fingerprint density at radius 3 is 2.65 bits per heavy atom. The Morgan fingerprint density at radius 1 is 1.35 bits per heavy atom. The zero-order valence-corrected chi connectivity index (χ0v) is 10.9. The van der Waals surface area contributed by atoms with E-state index in [1.807, 2.05) is 6.07 Å². The molecule has 0 unspecified atom stereocenters. The van der Waals surface area contributed by atoms with Crippen LogP contribution in [0.4, 0.5) is 0 Å². The molecule has 1 heterocycles. The Kier molecular flexibility index (Phi) is 3.05. The monoisotopic (exact) mass is 229 g/mol. The topological polar surface area (TPSA) is 22.0 Å². The second-order valence-electron chi connectivity index (χ2n) is 5.01. The Labute approximate surface area is 102 Å². The third-order valence-corrected chi connectivity index (χ3v) is 3.13. The van der Waals surface area contributed by atoms with Crippen LogP contribution in [0.2, 0.25) is 0 Å². The lowest BCUT2D eigenvalue weighted by atomic mass is 10.0. The minimum absolute atomic E-state index is 0.214. The van der Waals surface area contributed by atoms with E-state index >= 15 is 0 Å². The second kappa shape index (κ2) is 4.36. The average Bonchev–Trinajstić information content (AvgIpc) is 2.57. The van der Waals surface area contributed by atoms with E-state index in [4.69, 9.17) is 0 Å². The molecule has 0 spiro atoms. The average molecular weight is 229 g/mol. The number of nitrogens with zero attached hydrogens (tertiary/aromatic N) is 1. The van der Waals surface area contributed by atoms with Gasteiger partial charge in [0.25, 0.3) is 0 Å². The highest BCUT2D eigenvalue weighted by molar-refractivity contribution is 5.90. The van der Waals surface area contributed by atoms with Gasteiger partial charge in [-0.25, -0.2) is 0 Å². The quantitative estimate of drug-likeness (QED) is 0.787. The maximum atomic E-state index is 11.3. The fourth-order valence-electron chi connectivity index (χ4n) is 2.38. The summed E-state index contributed by atoms with van der Waals surface area (Å²) in [5, 5.41) is 1.26. The molecule has 0 bridgehead atoms. The Hall–Kier alpha value is -1.57. The van der Waals surface area contributed by atoms with Crippen LogP contribution < -0.4 is 0 Å². The minimum atomic E-state index is 0.214. The molecule has 0 atom stereocenters. The van der Waals surface area contributed by atoms with E-state index < -0.39 is 0 Å². The van der Waals surface area contributed by atoms with Crippen molar-refractivity contribution in [1.82, 2.24) is 4.57 Å². The standard InChI is InChI=1S/C15H19NO/c1-10(2)16-9-11(3)14-7-5-6-13(15(14)16)8-12(4)17/h5-7,9-10H,8H2,1-4H3. The lowest BCUT2D eigenvalue weighted by molar-refractivity contribution is -0.116. The maximum Gasteiger partial charge on any atom is 0.134 e. The van der Waals surface area contributed by atoms with E-state index in [-0.39, 0.29) is 5.78 Å². The molecule has 0 aliphatic carbocycles. The summed E-state index contributed by atoms with van der Waals surface area (Å²) in [7, 11) is 0. The minimum Gasteiger partial charge on any atom is -0.344 e. The van der Waals surface area contributed by atoms with E-state index in [0.29, 0.717) is 12.5 Å². The van der Waals surface area contributed by atoms with Crippen molar-refractivity contribution in [2.75, 3.05) is 0 Å². The molecular formula is C15H19NO. The van der Waals surface area contributed by atoms with Crippen molar-refractivity contribution in [2.45, 2.75) is 40.2 Å². The fraction of sp³-hybridized carbons (Fsp3) is 0.400. The summed E-state index contributed by atoms with van der Waals surface area (Å²) in [5.74, 6) is 0.214. The lowest BCUT2D eigenvalue weighted by Gasteiger charge is -2.12. The molecule has 2 nitrogen and oxygen atoms in total. The third-order valence-electron chi connectivity index (χ3n) is 3.13. The number of hydrogen-bond acceptors (Lipinski definition) is 1. The first-order valence-electron chi connectivity index (χ1n) is 6.09. The van der Waals surface area contributed by atoms with Gasteiger partial charge in [-0.1, -0.05) is 18.2 Å². The fourth-order valence-corrected chi connectivity index (χ4v) is 2.38.